The highest BCUT2D eigenvalue weighted by molar-refractivity contribution is 6.32. The number of hydrogen-bond donors (Lipinski definition) is 3. The summed E-state index contributed by atoms with van der Waals surface area (Å²) < 4.78 is 12.1. The lowest BCUT2D eigenvalue weighted by Gasteiger charge is -2.27. The van der Waals surface area contributed by atoms with Crippen LogP contribution in [0.1, 0.15) is 94.4 Å². The number of nitrogens with zero attached hydrogens (tertiary/aromatic N) is 4. The molecule has 256 valence electrons. The van der Waals surface area contributed by atoms with Crippen molar-refractivity contribution in [3.05, 3.63) is 64.0 Å². The monoisotopic (exact) mass is 684 g/mol. The van der Waals surface area contributed by atoms with Crippen molar-refractivity contribution < 1.29 is 24.2 Å². The first-order chi connectivity index (χ1) is 23.3. The van der Waals surface area contributed by atoms with E-state index < -0.39 is 11.7 Å². The molecule has 12 heteroatoms. The van der Waals surface area contributed by atoms with Gasteiger partial charge in [0.1, 0.15) is 40.5 Å². The number of ether oxygens (including phenoxy) is 2. The van der Waals surface area contributed by atoms with Gasteiger partial charge >= 0.3 is 12.2 Å². The Morgan fingerprint density at radius 3 is 2.51 bits per heavy atom. The van der Waals surface area contributed by atoms with Crippen molar-refractivity contribution in [1.82, 2.24) is 29.7 Å². The number of carbonyl (C=O) groups excluding carboxylic acids is 1. The number of fused-ring (bicyclic) bond motifs is 6. The van der Waals surface area contributed by atoms with Crippen LogP contribution in [0.15, 0.2) is 30.3 Å². The molecule has 2 saturated heterocycles. The Morgan fingerprint density at radius 2 is 1.73 bits per heavy atom. The number of hydrogen-bond acceptors (Lipinski definition) is 6. The van der Waals surface area contributed by atoms with Crippen LogP contribution in [0, 0.1) is 5.92 Å². The van der Waals surface area contributed by atoms with Crippen LogP contribution in [-0.2, 0) is 24.2 Å². The highest BCUT2D eigenvalue weighted by Crippen LogP contribution is 2.46. The third-order valence-corrected chi connectivity index (χ3v) is 10.6. The number of imidazole rings is 2. The summed E-state index contributed by atoms with van der Waals surface area (Å²) in [5.74, 6) is 2.48. The number of H-pyrrole nitrogens is 2. The van der Waals surface area contributed by atoms with E-state index in [2.05, 4.69) is 41.2 Å². The molecule has 1 aliphatic carbocycles. The van der Waals surface area contributed by atoms with Crippen LogP contribution in [-0.4, -0.2) is 65.2 Å². The second-order valence-electron chi connectivity index (χ2n) is 15.0. The number of carbonyl (C=O) groups is 2. The zero-order chi connectivity index (χ0) is 34.4. The van der Waals surface area contributed by atoms with Gasteiger partial charge < -0.3 is 24.5 Å². The SMILES string of the molecule is CC1CC[C@@H](c2nc3c([nH]2)CCc2cc4c(cc2-3)OCc2cc(-c3nc([C@@H]5C[C@H](C)CN5C(=O)OC(C)(C)C)[nH]c3Cl)ccc2-4)N1C(=O)O. The second kappa shape index (κ2) is 11.5. The van der Waals surface area contributed by atoms with Crippen LogP contribution in [0.25, 0.3) is 33.6 Å². The zero-order valence-electron chi connectivity index (χ0n) is 28.4. The van der Waals surface area contributed by atoms with Gasteiger partial charge in [0.25, 0.3) is 0 Å². The van der Waals surface area contributed by atoms with Crippen LogP contribution in [0.5, 0.6) is 5.75 Å². The number of aromatic amines is 2. The minimum Gasteiger partial charge on any atom is -0.488 e. The minimum absolute atomic E-state index is 0.0327. The van der Waals surface area contributed by atoms with E-state index in [1.54, 1.807) is 4.90 Å². The maximum absolute atomic E-state index is 13.1. The molecule has 0 bridgehead atoms. The first kappa shape index (κ1) is 31.7. The normalized spacial score (nSPS) is 22.7. The fourth-order valence-corrected chi connectivity index (χ4v) is 8.28. The molecular weight excluding hydrogens is 644 g/mol. The van der Waals surface area contributed by atoms with Crippen molar-refractivity contribution in [3.63, 3.8) is 0 Å². The summed E-state index contributed by atoms with van der Waals surface area (Å²) in [4.78, 5) is 45.0. The molecule has 11 nitrogen and oxygen atoms in total. The molecule has 5 heterocycles. The molecule has 4 atom stereocenters. The number of amides is 2. The Bertz CT molecular complexity index is 1990. The van der Waals surface area contributed by atoms with E-state index in [1.807, 2.05) is 33.8 Å². The molecule has 0 spiro atoms. The Labute approximate surface area is 290 Å². The number of nitrogens with one attached hydrogen (secondary N) is 2. The molecule has 4 aromatic rings. The summed E-state index contributed by atoms with van der Waals surface area (Å²) in [5, 5.41) is 10.3. The molecule has 1 unspecified atom stereocenters. The molecule has 2 amide bonds. The summed E-state index contributed by atoms with van der Waals surface area (Å²) in [6, 6.07) is 9.99. The van der Waals surface area contributed by atoms with E-state index in [4.69, 9.17) is 31.0 Å². The zero-order valence-corrected chi connectivity index (χ0v) is 29.1. The van der Waals surface area contributed by atoms with Crippen molar-refractivity contribution >= 4 is 23.8 Å². The minimum atomic E-state index is -0.905. The van der Waals surface area contributed by atoms with E-state index in [0.717, 1.165) is 82.9 Å². The summed E-state index contributed by atoms with van der Waals surface area (Å²) >= 11 is 6.76. The number of likely N-dealkylation sites (tertiary alicyclic amines) is 2. The fraction of sp³-hybridized carbons (Fsp3) is 0.459. The molecule has 3 N–H and O–H groups in total. The molecule has 49 heavy (non-hydrogen) atoms. The van der Waals surface area contributed by atoms with E-state index in [9.17, 15) is 14.7 Å². The highest BCUT2D eigenvalue weighted by Gasteiger charge is 2.40. The number of benzene rings is 2. The maximum Gasteiger partial charge on any atom is 0.410 e. The Kier molecular flexibility index (Phi) is 7.47. The van der Waals surface area contributed by atoms with Gasteiger partial charge in [0.15, 0.2) is 0 Å². The van der Waals surface area contributed by atoms with Gasteiger partial charge in [-0.1, -0.05) is 30.7 Å². The summed E-state index contributed by atoms with van der Waals surface area (Å²) in [6.45, 7) is 10.7. The second-order valence-corrected chi connectivity index (χ2v) is 15.4. The smallest absolute Gasteiger partial charge is 0.410 e. The Morgan fingerprint density at radius 1 is 0.959 bits per heavy atom. The van der Waals surface area contributed by atoms with E-state index >= 15 is 0 Å². The maximum atomic E-state index is 13.1. The van der Waals surface area contributed by atoms with Crippen molar-refractivity contribution in [3.8, 4) is 39.4 Å². The predicted molar refractivity (Wildman–Crippen MR) is 185 cm³/mol. The lowest BCUT2D eigenvalue weighted by atomic mass is 9.86. The van der Waals surface area contributed by atoms with Crippen molar-refractivity contribution in [2.75, 3.05) is 6.54 Å². The molecule has 8 rings (SSSR count). The van der Waals surface area contributed by atoms with Crippen LogP contribution in [0.2, 0.25) is 5.15 Å². The molecule has 4 aliphatic rings. The molecule has 2 fully saturated rings. The molecular formula is C37H41ClN6O5. The quantitative estimate of drug-likeness (QED) is 0.197. The van der Waals surface area contributed by atoms with Crippen LogP contribution < -0.4 is 4.74 Å². The number of aromatic nitrogens is 4. The average Bonchev–Trinajstić information content (AvgIpc) is 3.83. The van der Waals surface area contributed by atoms with Gasteiger partial charge in [-0.15, -0.1) is 0 Å². The Balaban J connectivity index is 1.07. The van der Waals surface area contributed by atoms with Crippen molar-refractivity contribution in [2.24, 2.45) is 5.92 Å². The number of rotatable bonds is 3. The first-order valence-corrected chi connectivity index (χ1v) is 17.5. The third-order valence-electron chi connectivity index (χ3n) is 10.3. The van der Waals surface area contributed by atoms with Crippen LogP contribution in [0.3, 0.4) is 0 Å². The topological polar surface area (TPSA) is 137 Å². The number of carboxylic acid groups (broad SMARTS) is 1. The van der Waals surface area contributed by atoms with Gasteiger partial charge in [-0.05, 0) is 101 Å². The largest absolute Gasteiger partial charge is 0.488 e. The van der Waals surface area contributed by atoms with Crippen LogP contribution >= 0.6 is 11.6 Å². The predicted octanol–water partition coefficient (Wildman–Crippen LogP) is 8.30. The molecule has 2 aromatic heterocycles. The van der Waals surface area contributed by atoms with Gasteiger partial charge in [-0.25, -0.2) is 19.6 Å². The van der Waals surface area contributed by atoms with Gasteiger partial charge in [0.05, 0.1) is 17.8 Å². The van der Waals surface area contributed by atoms with Gasteiger partial charge in [-0.2, -0.15) is 0 Å². The third kappa shape index (κ3) is 5.52. The lowest BCUT2D eigenvalue weighted by Crippen LogP contribution is -2.37. The first-order valence-electron chi connectivity index (χ1n) is 17.1. The standard InChI is InChI=1S/C37H41ClN6O5/c1-18-12-28(43(16-18)36(47)49-37(3,4)5)34-40-30(32(38)42-34)21-7-9-23-22(13-21)17-48-29-15-24-20(14-25(23)29)8-10-26-31(24)41-33(39-26)27-11-6-19(2)44(27)35(45)46/h7,9,13-15,18-19,27-28H,6,8,10-12,16-17H2,1-5H3,(H,39,41)(H,40,42)(H,45,46)/t18-,19?,27-,28-/m0/s1. The van der Waals surface area contributed by atoms with Gasteiger partial charge in [0, 0.05) is 35.0 Å². The van der Waals surface area contributed by atoms with Gasteiger partial charge in [0.2, 0.25) is 0 Å². The van der Waals surface area contributed by atoms with E-state index in [1.165, 1.54) is 10.5 Å². The molecule has 0 saturated carbocycles. The molecule has 3 aliphatic heterocycles. The highest BCUT2D eigenvalue weighted by atomic mass is 35.5. The summed E-state index contributed by atoms with van der Waals surface area (Å²) in [6.07, 6.45) is 2.75. The Hall–Kier alpha value is -4.51. The summed E-state index contributed by atoms with van der Waals surface area (Å²) in [5.41, 5.74) is 8.26. The van der Waals surface area contributed by atoms with Crippen molar-refractivity contribution in [1.29, 1.82) is 0 Å². The lowest BCUT2D eigenvalue weighted by molar-refractivity contribution is 0.0214. The summed E-state index contributed by atoms with van der Waals surface area (Å²) in [7, 11) is 0. The fourth-order valence-electron chi connectivity index (χ4n) is 8.03. The number of aryl methyl sites for hydroxylation is 2. The van der Waals surface area contributed by atoms with Crippen molar-refractivity contribution in [2.45, 2.75) is 97.1 Å². The average molecular weight is 685 g/mol. The van der Waals surface area contributed by atoms with E-state index in [-0.39, 0.29) is 24.2 Å². The molecule has 0 radical (unpaired) electrons. The number of halogens is 1. The molecule has 2 aromatic carbocycles. The van der Waals surface area contributed by atoms with Crippen LogP contribution in [0.4, 0.5) is 9.59 Å². The van der Waals surface area contributed by atoms with E-state index in [0.29, 0.717) is 35.7 Å². The van der Waals surface area contributed by atoms with Gasteiger partial charge in [-0.3, -0.25) is 9.80 Å².